The van der Waals surface area contributed by atoms with E-state index in [4.69, 9.17) is 0 Å². The van der Waals surface area contributed by atoms with Gasteiger partial charge in [-0.3, -0.25) is 4.79 Å². The van der Waals surface area contributed by atoms with Gasteiger partial charge < -0.3 is 9.88 Å². The fraction of sp³-hybridized carbons (Fsp3) is 0.600. The molecule has 1 amide bonds. The number of hydrogen-bond acceptors (Lipinski definition) is 2. The van der Waals surface area contributed by atoms with Crippen molar-refractivity contribution in [3.63, 3.8) is 0 Å². The standard InChI is InChI=1S/C10H14BrN3O/c1-14-5-9(12-6-14)10(15)13-8-4-2-3-7(8)11/h5-8H,2-4H2,1H3,(H,13,15). The third kappa shape index (κ3) is 2.40. The van der Waals surface area contributed by atoms with E-state index in [0.29, 0.717) is 10.5 Å². The second-order valence-electron chi connectivity index (χ2n) is 3.95. The molecule has 2 rings (SSSR count). The molecule has 0 spiro atoms. The number of rotatable bonds is 2. The summed E-state index contributed by atoms with van der Waals surface area (Å²) in [5.41, 5.74) is 0.490. The summed E-state index contributed by atoms with van der Waals surface area (Å²) in [4.78, 5) is 16.2. The maximum absolute atomic E-state index is 11.8. The minimum Gasteiger partial charge on any atom is -0.347 e. The van der Waals surface area contributed by atoms with E-state index in [1.54, 1.807) is 17.1 Å². The minimum absolute atomic E-state index is 0.0769. The number of nitrogens with zero attached hydrogens (tertiary/aromatic N) is 2. The predicted molar refractivity (Wildman–Crippen MR) is 61.0 cm³/mol. The van der Waals surface area contributed by atoms with Crippen LogP contribution in [0.25, 0.3) is 0 Å². The number of hydrogen-bond donors (Lipinski definition) is 1. The highest BCUT2D eigenvalue weighted by Crippen LogP contribution is 2.25. The number of aryl methyl sites for hydroxylation is 1. The molecule has 82 valence electrons. The van der Waals surface area contributed by atoms with Gasteiger partial charge >= 0.3 is 0 Å². The van der Waals surface area contributed by atoms with Gasteiger partial charge in [0.2, 0.25) is 0 Å². The van der Waals surface area contributed by atoms with E-state index in [0.717, 1.165) is 12.8 Å². The highest BCUT2D eigenvalue weighted by Gasteiger charge is 2.26. The lowest BCUT2D eigenvalue weighted by Crippen LogP contribution is -2.37. The molecule has 0 radical (unpaired) electrons. The molecule has 2 unspecified atom stereocenters. The number of halogens is 1. The fourth-order valence-corrected chi connectivity index (χ4v) is 2.57. The molecule has 4 nitrogen and oxygen atoms in total. The summed E-state index contributed by atoms with van der Waals surface area (Å²) in [7, 11) is 1.85. The van der Waals surface area contributed by atoms with Gasteiger partial charge in [-0.25, -0.2) is 4.98 Å². The van der Waals surface area contributed by atoms with Crippen molar-refractivity contribution in [1.82, 2.24) is 14.9 Å². The summed E-state index contributed by atoms with van der Waals surface area (Å²) in [5.74, 6) is -0.0769. The average molecular weight is 272 g/mol. The first-order chi connectivity index (χ1) is 7.16. The molecular weight excluding hydrogens is 258 g/mol. The molecule has 0 aromatic carbocycles. The number of carbonyl (C=O) groups excluding carboxylic acids is 1. The largest absolute Gasteiger partial charge is 0.347 e. The van der Waals surface area contributed by atoms with Crippen LogP contribution in [-0.4, -0.2) is 26.3 Å². The van der Waals surface area contributed by atoms with Crippen molar-refractivity contribution in [2.24, 2.45) is 7.05 Å². The Morgan fingerprint density at radius 2 is 2.47 bits per heavy atom. The zero-order chi connectivity index (χ0) is 10.8. The topological polar surface area (TPSA) is 46.9 Å². The highest BCUT2D eigenvalue weighted by atomic mass is 79.9. The van der Waals surface area contributed by atoms with Gasteiger partial charge in [-0.2, -0.15) is 0 Å². The van der Waals surface area contributed by atoms with Gasteiger partial charge in [-0.05, 0) is 12.8 Å². The van der Waals surface area contributed by atoms with Crippen LogP contribution in [0.5, 0.6) is 0 Å². The molecule has 0 bridgehead atoms. The average Bonchev–Trinajstić information content (AvgIpc) is 2.77. The van der Waals surface area contributed by atoms with E-state index < -0.39 is 0 Å². The van der Waals surface area contributed by atoms with Crippen LogP contribution in [-0.2, 0) is 7.05 Å². The second kappa shape index (κ2) is 4.35. The van der Waals surface area contributed by atoms with Crippen molar-refractivity contribution in [2.75, 3.05) is 0 Å². The number of amides is 1. The predicted octanol–water partition coefficient (Wildman–Crippen LogP) is 1.47. The van der Waals surface area contributed by atoms with E-state index in [-0.39, 0.29) is 11.9 Å². The van der Waals surface area contributed by atoms with Crippen molar-refractivity contribution in [3.05, 3.63) is 18.2 Å². The van der Waals surface area contributed by atoms with E-state index in [1.165, 1.54) is 6.42 Å². The van der Waals surface area contributed by atoms with Crippen LogP contribution in [0.4, 0.5) is 0 Å². The maximum atomic E-state index is 11.8. The molecule has 5 heteroatoms. The lowest BCUT2D eigenvalue weighted by molar-refractivity contribution is 0.0934. The Morgan fingerprint density at radius 1 is 1.67 bits per heavy atom. The van der Waals surface area contributed by atoms with Gasteiger partial charge in [0.1, 0.15) is 5.69 Å². The Morgan fingerprint density at radius 3 is 3.00 bits per heavy atom. The van der Waals surface area contributed by atoms with Gasteiger partial charge in [0, 0.05) is 24.1 Å². The quantitative estimate of drug-likeness (QED) is 0.829. The Balaban J connectivity index is 1.97. The molecule has 15 heavy (non-hydrogen) atoms. The normalized spacial score (nSPS) is 25.5. The number of carbonyl (C=O) groups is 1. The number of imidazole rings is 1. The van der Waals surface area contributed by atoms with Crippen LogP contribution < -0.4 is 5.32 Å². The lowest BCUT2D eigenvalue weighted by Gasteiger charge is -2.14. The molecule has 1 aromatic rings. The van der Waals surface area contributed by atoms with Gasteiger partial charge in [0.15, 0.2) is 0 Å². The molecule has 1 aromatic heterocycles. The first-order valence-electron chi connectivity index (χ1n) is 5.09. The second-order valence-corrected chi connectivity index (χ2v) is 5.13. The van der Waals surface area contributed by atoms with Crippen molar-refractivity contribution in [1.29, 1.82) is 0 Å². The summed E-state index contributed by atoms with van der Waals surface area (Å²) in [5, 5.41) is 3.00. The fourth-order valence-electron chi connectivity index (χ4n) is 1.85. The highest BCUT2D eigenvalue weighted by molar-refractivity contribution is 9.09. The van der Waals surface area contributed by atoms with Gasteiger partial charge in [0.05, 0.1) is 6.33 Å². The maximum Gasteiger partial charge on any atom is 0.271 e. The summed E-state index contributed by atoms with van der Waals surface area (Å²) in [6.45, 7) is 0. The van der Waals surface area contributed by atoms with Crippen LogP contribution in [0, 0.1) is 0 Å². The Hall–Kier alpha value is -0.840. The Labute approximate surface area is 97.2 Å². The van der Waals surface area contributed by atoms with Crippen molar-refractivity contribution in [3.8, 4) is 0 Å². The van der Waals surface area contributed by atoms with Crippen LogP contribution in [0.2, 0.25) is 0 Å². The van der Waals surface area contributed by atoms with Crippen LogP contribution in [0.1, 0.15) is 29.8 Å². The van der Waals surface area contributed by atoms with Crippen molar-refractivity contribution < 1.29 is 4.79 Å². The number of aromatic nitrogens is 2. The van der Waals surface area contributed by atoms with E-state index in [1.807, 2.05) is 7.05 Å². The van der Waals surface area contributed by atoms with Gasteiger partial charge in [0.25, 0.3) is 5.91 Å². The summed E-state index contributed by atoms with van der Waals surface area (Å²) < 4.78 is 1.77. The lowest BCUT2D eigenvalue weighted by atomic mass is 10.2. The van der Waals surface area contributed by atoms with Crippen LogP contribution in [0.15, 0.2) is 12.5 Å². The first-order valence-corrected chi connectivity index (χ1v) is 6.01. The first kappa shape index (κ1) is 10.7. The van der Waals surface area contributed by atoms with E-state index >= 15 is 0 Å². The molecule has 0 saturated heterocycles. The molecule has 1 N–H and O–H groups in total. The SMILES string of the molecule is Cn1cnc(C(=O)NC2CCCC2Br)c1. The molecule has 1 fully saturated rings. The van der Waals surface area contributed by atoms with Gasteiger partial charge in [-0.1, -0.05) is 22.4 Å². The molecule has 1 aliphatic rings. The third-order valence-electron chi connectivity index (χ3n) is 2.69. The zero-order valence-corrected chi connectivity index (χ0v) is 10.2. The van der Waals surface area contributed by atoms with Crippen LogP contribution in [0.3, 0.4) is 0 Å². The number of nitrogens with one attached hydrogen (secondary N) is 1. The molecule has 1 aliphatic carbocycles. The third-order valence-corrected chi connectivity index (χ3v) is 3.78. The van der Waals surface area contributed by atoms with E-state index in [9.17, 15) is 4.79 Å². The van der Waals surface area contributed by atoms with E-state index in [2.05, 4.69) is 26.2 Å². The van der Waals surface area contributed by atoms with Crippen molar-refractivity contribution >= 4 is 21.8 Å². The summed E-state index contributed by atoms with van der Waals surface area (Å²) in [6.07, 6.45) is 6.72. The smallest absolute Gasteiger partial charge is 0.271 e. The molecule has 1 heterocycles. The molecule has 1 saturated carbocycles. The number of alkyl halides is 1. The monoisotopic (exact) mass is 271 g/mol. The van der Waals surface area contributed by atoms with Crippen LogP contribution >= 0.6 is 15.9 Å². The Bertz CT molecular complexity index is 363. The summed E-state index contributed by atoms with van der Waals surface area (Å²) >= 11 is 3.57. The van der Waals surface area contributed by atoms with Gasteiger partial charge in [-0.15, -0.1) is 0 Å². The van der Waals surface area contributed by atoms with Crippen molar-refractivity contribution in [2.45, 2.75) is 30.1 Å². The molecule has 2 atom stereocenters. The minimum atomic E-state index is -0.0769. The molecular formula is C10H14BrN3O. The Kier molecular flexibility index (Phi) is 3.09. The zero-order valence-electron chi connectivity index (χ0n) is 8.61. The summed E-state index contributed by atoms with van der Waals surface area (Å²) in [6, 6.07) is 0.250. The molecule has 0 aliphatic heterocycles.